The first-order valence-corrected chi connectivity index (χ1v) is 14.2. The average Bonchev–Trinajstić information content (AvgIpc) is 2.81. The number of carbonyl (C=O) groups excluding carboxylic acids is 2. The van der Waals surface area contributed by atoms with Crippen molar-refractivity contribution < 1.29 is 26.4 Å². The van der Waals surface area contributed by atoms with E-state index < -0.39 is 32.5 Å². The van der Waals surface area contributed by atoms with Crippen LogP contribution < -0.4 is 4.31 Å². The van der Waals surface area contributed by atoms with Crippen molar-refractivity contribution >= 4 is 37.5 Å². The Morgan fingerprint density at radius 1 is 0.857 bits per heavy atom. The maximum Gasteiger partial charge on any atom is 0.253 e. The van der Waals surface area contributed by atoms with Gasteiger partial charge in [-0.2, -0.15) is 4.31 Å². The van der Waals surface area contributed by atoms with Crippen LogP contribution in [0.1, 0.15) is 15.9 Å². The molecule has 0 saturated carbocycles. The van der Waals surface area contributed by atoms with Crippen molar-refractivity contribution in [3.8, 4) is 0 Å². The summed E-state index contributed by atoms with van der Waals surface area (Å²) in [5.41, 5.74) is 1.61. The van der Waals surface area contributed by atoms with Gasteiger partial charge in [-0.1, -0.05) is 17.7 Å². The van der Waals surface area contributed by atoms with E-state index in [-0.39, 0.29) is 42.7 Å². The molecule has 0 aliphatic carbocycles. The molecule has 0 aromatic heterocycles. The molecule has 0 bridgehead atoms. The first-order valence-electron chi connectivity index (χ1n) is 10.9. The minimum Gasteiger partial charge on any atom is -0.345 e. The number of anilines is 1. The molecular weight excluding hydrogens is 492 g/mol. The van der Waals surface area contributed by atoms with Crippen LogP contribution in [0.5, 0.6) is 0 Å². The molecule has 0 spiro atoms. The molecule has 0 N–H and O–H groups in total. The molecule has 2 amide bonds. The van der Waals surface area contributed by atoms with Crippen LogP contribution in [0, 0.1) is 6.92 Å². The van der Waals surface area contributed by atoms with Crippen LogP contribution in [0.25, 0.3) is 0 Å². The fourth-order valence-corrected chi connectivity index (χ4v) is 5.96. The van der Waals surface area contributed by atoms with Gasteiger partial charge in [0.1, 0.15) is 6.54 Å². The van der Waals surface area contributed by atoms with Crippen molar-refractivity contribution in [2.24, 2.45) is 0 Å². The van der Waals surface area contributed by atoms with E-state index in [1.165, 1.54) is 38.4 Å². The smallest absolute Gasteiger partial charge is 0.253 e. The van der Waals surface area contributed by atoms with Gasteiger partial charge in [0.25, 0.3) is 5.91 Å². The average molecular weight is 523 g/mol. The number of hydrogen-bond acceptors (Lipinski definition) is 6. The third-order valence-electron chi connectivity index (χ3n) is 5.74. The zero-order valence-corrected chi connectivity index (χ0v) is 21.8. The van der Waals surface area contributed by atoms with Crippen molar-refractivity contribution in [2.75, 3.05) is 57.4 Å². The van der Waals surface area contributed by atoms with Crippen LogP contribution in [0.2, 0.25) is 0 Å². The van der Waals surface area contributed by atoms with E-state index in [4.69, 9.17) is 0 Å². The Labute approximate surface area is 206 Å². The largest absolute Gasteiger partial charge is 0.345 e. The highest BCUT2D eigenvalue weighted by molar-refractivity contribution is 7.92. The van der Waals surface area contributed by atoms with Crippen LogP contribution in [-0.4, -0.2) is 95.8 Å². The molecule has 12 heteroatoms. The molecule has 3 rings (SSSR count). The number of carbonyl (C=O) groups is 2. The van der Waals surface area contributed by atoms with Gasteiger partial charge in [0.2, 0.25) is 26.0 Å². The van der Waals surface area contributed by atoms with Crippen LogP contribution >= 0.6 is 0 Å². The van der Waals surface area contributed by atoms with Crippen LogP contribution in [0.15, 0.2) is 53.4 Å². The molecule has 190 valence electrons. The van der Waals surface area contributed by atoms with Gasteiger partial charge in [-0.25, -0.2) is 16.8 Å². The summed E-state index contributed by atoms with van der Waals surface area (Å²) in [7, 11) is -4.24. The summed E-state index contributed by atoms with van der Waals surface area (Å²) in [5, 5.41) is 0. The van der Waals surface area contributed by atoms with Gasteiger partial charge in [0.15, 0.2) is 0 Å². The second-order valence-electron chi connectivity index (χ2n) is 8.61. The predicted octanol–water partition coefficient (Wildman–Crippen LogP) is 0.996. The SMILES string of the molecule is Cc1ccc(S(=O)(=O)N2CCN(C(=O)CN(c3ccc(C(=O)N(C)C)cc3)S(C)(=O)=O)CC2)cc1. The van der Waals surface area contributed by atoms with Crippen molar-refractivity contribution in [1.82, 2.24) is 14.1 Å². The Morgan fingerprint density at radius 2 is 1.40 bits per heavy atom. The van der Waals surface area contributed by atoms with Gasteiger partial charge in [0, 0.05) is 45.8 Å². The van der Waals surface area contributed by atoms with E-state index in [0.29, 0.717) is 5.56 Å². The highest BCUT2D eigenvalue weighted by Crippen LogP contribution is 2.21. The zero-order valence-electron chi connectivity index (χ0n) is 20.2. The summed E-state index contributed by atoms with van der Waals surface area (Å²) in [6.45, 7) is 1.97. The summed E-state index contributed by atoms with van der Waals surface area (Å²) >= 11 is 0. The van der Waals surface area contributed by atoms with Crippen molar-refractivity contribution in [3.63, 3.8) is 0 Å². The second kappa shape index (κ2) is 10.3. The number of nitrogens with zero attached hydrogens (tertiary/aromatic N) is 4. The molecule has 35 heavy (non-hydrogen) atoms. The standard InChI is InChI=1S/C23H30N4O6S2/c1-18-5-11-21(12-6-18)35(32,33)26-15-13-25(14-16-26)22(28)17-27(34(4,30)31)20-9-7-19(8-10-20)23(29)24(2)3/h5-12H,13-17H2,1-4H3. The van der Waals surface area contributed by atoms with Crippen LogP contribution in [-0.2, 0) is 24.8 Å². The Bertz CT molecular complexity index is 1280. The van der Waals surface area contributed by atoms with Gasteiger partial charge in [0.05, 0.1) is 16.8 Å². The third-order valence-corrected chi connectivity index (χ3v) is 8.79. The van der Waals surface area contributed by atoms with Crippen molar-refractivity contribution in [2.45, 2.75) is 11.8 Å². The molecule has 1 aliphatic rings. The molecule has 0 radical (unpaired) electrons. The summed E-state index contributed by atoms with van der Waals surface area (Å²) in [6, 6.07) is 12.6. The summed E-state index contributed by atoms with van der Waals surface area (Å²) < 4.78 is 53.0. The Balaban J connectivity index is 1.69. The van der Waals surface area contributed by atoms with E-state index in [1.54, 1.807) is 38.4 Å². The zero-order chi connectivity index (χ0) is 26.0. The lowest BCUT2D eigenvalue weighted by Crippen LogP contribution is -2.53. The van der Waals surface area contributed by atoms with Gasteiger partial charge in [-0.15, -0.1) is 0 Å². The van der Waals surface area contributed by atoms with E-state index in [0.717, 1.165) is 16.1 Å². The van der Waals surface area contributed by atoms with Crippen LogP contribution in [0.4, 0.5) is 5.69 Å². The summed E-state index contributed by atoms with van der Waals surface area (Å²) in [5.74, 6) is -0.659. The molecule has 0 atom stereocenters. The maximum atomic E-state index is 12.9. The Morgan fingerprint density at radius 3 is 1.89 bits per heavy atom. The molecule has 1 heterocycles. The minimum absolute atomic E-state index is 0.113. The lowest BCUT2D eigenvalue weighted by Gasteiger charge is -2.35. The second-order valence-corrected chi connectivity index (χ2v) is 12.5. The molecule has 1 saturated heterocycles. The van der Waals surface area contributed by atoms with Crippen molar-refractivity contribution in [3.05, 3.63) is 59.7 Å². The number of hydrogen-bond donors (Lipinski definition) is 0. The summed E-state index contributed by atoms with van der Waals surface area (Å²) in [4.78, 5) is 28.1. The number of aryl methyl sites for hydroxylation is 1. The normalized spacial score (nSPS) is 15.0. The van der Waals surface area contributed by atoms with E-state index >= 15 is 0 Å². The number of benzene rings is 2. The lowest BCUT2D eigenvalue weighted by molar-refractivity contribution is -0.130. The van der Waals surface area contributed by atoms with E-state index in [9.17, 15) is 26.4 Å². The molecular formula is C23H30N4O6S2. The molecule has 2 aromatic carbocycles. The summed E-state index contributed by atoms with van der Waals surface area (Å²) in [6.07, 6.45) is 1.01. The molecule has 10 nitrogen and oxygen atoms in total. The fourth-order valence-electron chi connectivity index (χ4n) is 3.69. The Kier molecular flexibility index (Phi) is 7.87. The first-order chi connectivity index (χ1) is 16.3. The maximum absolute atomic E-state index is 12.9. The third kappa shape index (κ3) is 6.19. The number of amides is 2. The number of sulfonamides is 2. The predicted molar refractivity (Wildman–Crippen MR) is 133 cm³/mol. The quantitative estimate of drug-likeness (QED) is 0.536. The van der Waals surface area contributed by atoms with E-state index in [2.05, 4.69) is 0 Å². The topological polar surface area (TPSA) is 115 Å². The Hall–Kier alpha value is -2.96. The highest BCUT2D eigenvalue weighted by atomic mass is 32.2. The van der Waals surface area contributed by atoms with Gasteiger partial charge in [-0.3, -0.25) is 13.9 Å². The first kappa shape index (κ1) is 26.6. The van der Waals surface area contributed by atoms with Crippen LogP contribution in [0.3, 0.4) is 0 Å². The van der Waals surface area contributed by atoms with E-state index in [1.807, 2.05) is 6.92 Å². The lowest BCUT2D eigenvalue weighted by atomic mass is 10.2. The van der Waals surface area contributed by atoms with Gasteiger partial charge >= 0.3 is 0 Å². The van der Waals surface area contributed by atoms with Gasteiger partial charge in [-0.05, 0) is 43.3 Å². The highest BCUT2D eigenvalue weighted by Gasteiger charge is 2.31. The molecule has 0 unspecified atom stereocenters. The fraction of sp³-hybridized carbons (Fsp3) is 0.391. The number of piperazine rings is 1. The van der Waals surface area contributed by atoms with Gasteiger partial charge < -0.3 is 9.80 Å². The van der Waals surface area contributed by atoms with Crippen molar-refractivity contribution in [1.29, 1.82) is 0 Å². The molecule has 2 aromatic rings. The number of rotatable bonds is 7. The molecule has 1 fully saturated rings. The molecule has 1 aliphatic heterocycles. The minimum atomic E-state index is -3.79. The monoisotopic (exact) mass is 522 g/mol.